The lowest BCUT2D eigenvalue weighted by Crippen LogP contribution is -2.52. The van der Waals surface area contributed by atoms with Crippen molar-refractivity contribution in [1.29, 1.82) is 0 Å². The van der Waals surface area contributed by atoms with Gasteiger partial charge < -0.3 is 14.7 Å². The van der Waals surface area contributed by atoms with Gasteiger partial charge in [0.15, 0.2) is 0 Å². The molecule has 2 fully saturated rings. The molecule has 1 amide bonds. The van der Waals surface area contributed by atoms with E-state index in [1.807, 2.05) is 13.8 Å². The van der Waals surface area contributed by atoms with Crippen LogP contribution in [0.25, 0.3) is 0 Å². The summed E-state index contributed by atoms with van der Waals surface area (Å²) in [6, 6.07) is 0. The lowest BCUT2D eigenvalue weighted by molar-refractivity contribution is -0.154. The molecule has 5 heteroatoms. The standard InChI is InChI=1S/C15H25NO4/c1-15(2,11-5-3-4-6-11)14(19)16-7-8-20-12(10-16)9-13(17)18/h11-12H,3-10H2,1-2H3,(H,17,18). The Balaban J connectivity index is 1.98. The van der Waals surface area contributed by atoms with E-state index in [9.17, 15) is 9.59 Å². The Morgan fingerprint density at radius 2 is 1.95 bits per heavy atom. The molecule has 0 aromatic carbocycles. The van der Waals surface area contributed by atoms with Gasteiger partial charge in [0.1, 0.15) is 0 Å². The summed E-state index contributed by atoms with van der Waals surface area (Å²) in [5, 5.41) is 8.84. The third-order valence-corrected chi connectivity index (χ3v) is 4.76. The van der Waals surface area contributed by atoms with Gasteiger partial charge in [0, 0.05) is 18.5 Å². The van der Waals surface area contributed by atoms with Gasteiger partial charge in [-0.05, 0) is 18.8 Å². The number of aliphatic carboxylic acids is 1. The lowest BCUT2D eigenvalue weighted by atomic mass is 9.76. The number of carbonyl (C=O) groups is 2. The molecule has 1 atom stereocenters. The minimum Gasteiger partial charge on any atom is -0.481 e. The molecule has 2 aliphatic rings. The zero-order chi connectivity index (χ0) is 14.8. The smallest absolute Gasteiger partial charge is 0.306 e. The predicted molar refractivity (Wildman–Crippen MR) is 74.3 cm³/mol. The first kappa shape index (κ1) is 15.3. The number of hydrogen-bond donors (Lipinski definition) is 1. The van der Waals surface area contributed by atoms with Crippen molar-refractivity contribution in [1.82, 2.24) is 4.90 Å². The molecule has 20 heavy (non-hydrogen) atoms. The summed E-state index contributed by atoms with van der Waals surface area (Å²) in [6.45, 7) is 5.48. The van der Waals surface area contributed by atoms with Crippen molar-refractivity contribution in [3.05, 3.63) is 0 Å². The number of carboxylic acids is 1. The molecule has 0 aromatic rings. The van der Waals surface area contributed by atoms with Crippen molar-refractivity contribution in [3.8, 4) is 0 Å². The topological polar surface area (TPSA) is 66.8 Å². The summed E-state index contributed by atoms with van der Waals surface area (Å²) in [7, 11) is 0. The highest BCUT2D eigenvalue weighted by molar-refractivity contribution is 5.82. The van der Waals surface area contributed by atoms with Crippen LogP contribution in [0.5, 0.6) is 0 Å². The number of morpholine rings is 1. The number of ether oxygens (including phenoxy) is 1. The van der Waals surface area contributed by atoms with Gasteiger partial charge in [-0.3, -0.25) is 9.59 Å². The van der Waals surface area contributed by atoms with Gasteiger partial charge in [0.2, 0.25) is 5.91 Å². The van der Waals surface area contributed by atoms with Gasteiger partial charge in [0.25, 0.3) is 0 Å². The molecular weight excluding hydrogens is 258 g/mol. The average Bonchev–Trinajstić information content (AvgIpc) is 2.92. The molecular formula is C15H25NO4. The van der Waals surface area contributed by atoms with Gasteiger partial charge in [-0.1, -0.05) is 26.7 Å². The number of rotatable bonds is 4. The fourth-order valence-electron chi connectivity index (χ4n) is 3.45. The van der Waals surface area contributed by atoms with E-state index in [4.69, 9.17) is 9.84 Å². The normalized spacial score (nSPS) is 24.9. The molecule has 0 radical (unpaired) electrons. The molecule has 2 rings (SSSR count). The molecule has 1 aliphatic heterocycles. The van der Waals surface area contributed by atoms with Crippen LogP contribution in [0, 0.1) is 11.3 Å². The largest absolute Gasteiger partial charge is 0.481 e. The van der Waals surface area contributed by atoms with Crippen LogP contribution < -0.4 is 0 Å². The quantitative estimate of drug-likeness (QED) is 0.855. The minimum absolute atomic E-state index is 0.0341. The second kappa shape index (κ2) is 6.12. The van der Waals surface area contributed by atoms with Crippen molar-refractivity contribution in [3.63, 3.8) is 0 Å². The molecule has 1 aliphatic carbocycles. The average molecular weight is 283 g/mol. The van der Waals surface area contributed by atoms with Crippen LogP contribution in [-0.4, -0.2) is 47.7 Å². The second-order valence-corrected chi connectivity index (χ2v) is 6.54. The van der Waals surface area contributed by atoms with Gasteiger partial charge in [-0.15, -0.1) is 0 Å². The summed E-state index contributed by atoms with van der Waals surface area (Å²) in [6.07, 6.45) is 4.28. The molecule has 0 spiro atoms. The predicted octanol–water partition coefficient (Wildman–Crippen LogP) is 1.90. The van der Waals surface area contributed by atoms with E-state index in [-0.39, 0.29) is 23.8 Å². The van der Waals surface area contributed by atoms with E-state index in [0.29, 0.717) is 25.6 Å². The Hall–Kier alpha value is -1.10. The minimum atomic E-state index is -0.876. The number of carboxylic acid groups (broad SMARTS) is 1. The van der Waals surface area contributed by atoms with E-state index in [1.165, 1.54) is 12.8 Å². The Morgan fingerprint density at radius 1 is 1.30 bits per heavy atom. The monoisotopic (exact) mass is 283 g/mol. The van der Waals surface area contributed by atoms with E-state index >= 15 is 0 Å². The SMILES string of the molecule is CC(C)(C(=O)N1CCOC(CC(=O)O)C1)C1CCCC1. The molecule has 1 saturated carbocycles. The highest BCUT2D eigenvalue weighted by atomic mass is 16.5. The van der Waals surface area contributed by atoms with Crippen LogP contribution in [0.1, 0.15) is 46.0 Å². The third kappa shape index (κ3) is 3.32. The number of amides is 1. The van der Waals surface area contributed by atoms with Crippen molar-refractivity contribution in [2.75, 3.05) is 19.7 Å². The molecule has 1 heterocycles. The maximum atomic E-state index is 12.8. The summed E-state index contributed by atoms with van der Waals surface area (Å²) in [4.78, 5) is 25.3. The van der Waals surface area contributed by atoms with Crippen molar-refractivity contribution < 1.29 is 19.4 Å². The van der Waals surface area contributed by atoms with Crippen molar-refractivity contribution in [2.24, 2.45) is 11.3 Å². The fraction of sp³-hybridized carbons (Fsp3) is 0.867. The van der Waals surface area contributed by atoms with Gasteiger partial charge in [-0.25, -0.2) is 0 Å². The summed E-state index contributed by atoms with van der Waals surface area (Å²) >= 11 is 0. The zero-order valence-corrected chi connectivity index (χ0v) is 12.4. The Labute approximate surface area is 120 Å². The molecule has 114 valence electrons. The van der Waals surface area contributed by atoms with Crippen LogP contribution in [0.3, 0.4) is 0 Å². The van der Waals surface area contributed by atoms with Crippen molar-refractivity contribution in [2.45, 2.75) is 52.1 Å². The van der Waals surface area contributed by atoms with Crippen LogP contribution >= 0.6 is 0 Å². The summed E-state index contributed by atoms with van der Waals surface area (Å²) in [5.74, 6) is -0.266. The van der Waals surface area contributed by atoms with Crippen LogP contribution in [-0.2, 0) is 14.3 Å². The third-order valence-electron chi connectivity index (χ3n) is 4.76. The van der Waals surface area contributed by atoms with E-state index in [1.54, 1.807) is 4.90 Å². The maximum Gasteiger partial charge on any atom is 0.306 e. The van der Waals surface area contributed by atoms with Crippen LogP contribution in [0.4, 0.5) is 0 Å². The molecule has 1 saturated heterocycles. The van der Waals surface area contributed by atoms with Crippen LogP contribution in [0.2, 0.25) is 0 Å². The first-order valence-corrected chi connectivity index (χ1v) is 7.54. The molecule has 1 unspecified atom stereocenters. The number of hydrogen-bond acceptors (Lipinski definition) is 3. The van der Waals surface area contributed by atoms with Gasteiger partial charge in [0.05, 0.1) is 19.1 Å². The number of carbonyl (C=O) groups excluding carboxylic acids is 1. The number of nitrogens with zero attached hydrogens (tertiary/aromatic N) is 1. The first-order valence-electron chi connectivity index (χ1n) is 7.54. The Kier molecular flexibility index (Phi) is 4.68. The second-order valence-electron chi connectivity index (χ2n) is 6.54. The highest BCUT2D eigenvalue weighted by Gasteiger charge is 2.41. The lowest BCUT2D eigenvalue weighted by Gasteiger charge is -2.39. The van der Waals surface area contributed by atoms with Crippen molar-refractivity contribution >= 4 is 11.9 Å². The van der Waals surface area contributed by atoms with E-state index in [0.717, 1.165) is 12.8 Å². The van der Waals surface area contributed by atoms with Crippen LogP contribution in [0.15, 0.2) is 0 Å². The first-order chi connectivity index (χ1) is 9.41. The summed E-state index contributed by atoms with van der Waals surface area (Å²) in [5.41, 5.74) is -0.346. The molecule has 1 N–H and O–H groups in total. The fourth-order valence-corrected chi connectivity index (χ4v) is 3.45. The van der Waals surface area contributed by atoms with Gasteiger partial charge >= 0.3 is 5.97 Å². The highest BCUT2D eigenvalue weighted by Crippen LogP contribution is 2.41. The molecule has 0 aromatic heterocycles. The summed E-state index contributed by atoms with van der Waals surface area (Å²) < 4.78 is 5.43. The Morgan fingerprint density at radius 3 is 2.55 bits per heavy atom. The van der Waals surface area contributed by atoms with E-state index in [2.05, 4.69) is 0 Å². The van der Waals surface area contributed by atoms with Gasteiger partial charge in [-0.2, -0.15) is 0 Å². The maximum absolute atomic E-state index is 12.8. The Bertz CT molecular complexity index is 374. The molecule has 5 nitrogen and oxygen atoms in total. The van der Waals surface area contributed by atoms with E-state index < -0.39 is 5.97 Å². The molecule has 0 bridgehead atoms. The zero-order valence-electron chi connectivity index (χ0n) is 12.4.